The van der Waals surface area contributed by atoms with E-state index in [9.17, 15) is 9.18 Å². The lowest BCUT2D eigenvalue weighted by atomic mass is 10.1. The lowest BCUT2D eigenvalue weighted by molar-refractivity contribution is 0.0933. The van der Waals surface area contributed by atoms with E-state index in [1.165, 1.54) is 24.3 Å². The second-order valence-corrected chi connectivity index (χ2v) is 7.55. The van der Waals surface area contributed by atoms with E-state index in [0.29, 0.717) is 23.6 Å². The van der Waals surface area contributed by atoms with Gasteiger partial charge in [0.2, 0.25) is 0 Å². The van der Waals surface area contributed by atoms with Gasteiger partial charge in [0, 0.05) is 17.1 Å². The fraction of sp³-hybridized carbons (Fsp3) is 0.167. The van der Waals surface area contributed by atoms with Gasteiger partial charge < -0.3 is 9.88 Å². The molecule has 0 fully saturated rings. The summed E-state index contributed by atoms with van der Waals surface area (Å²) in [7, 11) is 0. The van der Waals surface area contributed by atoms with Gasteiger partial charge in [-0.05, 0) is 60.5 Å². The monoisotopic (exact) mass is 421 g/mol. The largest absolute Gasteiger partial charge is 0.342 e. The van der Waals surface area contributed by atoms with E-state index < -0.39 is 0 Å². The van der Waals surface area contributed by atoms with Crippen molar-refractivity contribution in [3.8, 4) is 0 Å². The van der Waals surface area contributed by atoms with Gasteiger partial charge >= 0.3 is 0 Å². The molecule has 30 heavy (non-hydrogen) atoms. The van der Waals surface area contributed by atoms with E-state index in [4.69, 9.17) is 16.6 Å². The van der Waals surface area contributed by atoms with Gasteiger partial charge in [-0.15, -0.1) is 0 Å². The number of hydrogen-bond donors (Lipinski definition) is 1. The smallest absolute Gasteiger partial charge is 0.251 e. The molecular formula is C24H21ClFN3O. The molecule has 0 saturated heterocycles. The molecule has 1 aromatic heterocycles. The summed E-state index contributed by atoms with van der Waals surface area (Å²) in [6.07, 6.45) is 0.664. The van der Waals surface area contributed by atoms with Gasteiger partial charge in [-0.2, -0.15) is 0 Å². The average molecular weight is 422 g/mol. The fourth-order valence-corrected chi connectivity index (χ4v) is 3.62. The number of carbonyl (C=O) groups excluding carboxylic acids is 1. The van der Waals surface area contributed by atoms with Crippen LogP contribution >= 0.6 is 11.6 Å². The molecule has 1 heterocycles. The first-order chi connectivity index (χ1) is 14.5. The molecule has 6 heteroatoms. The van der Waals surface area contributed by atoms with Crippen molar-refractivity contribution in [1.29, 1.82) is 0 Å². The molecular weight excluding hydrogens is 401 g/mol. The number of nitrogens with one attached hydrogen (secondary N) is 1. The Labute approximate surface area is 179 Å². The van der Waals surface area contributed by atoms with Crippen molar-refractivity contribution in [2.75, 3.05) is 0 Å². The molecule has 0 saturated carbocycles. The highest BCUT2D eigenvalue weighted by atomic mass is 35.5. The molecule has 0 aliphatic rings. The molecule has 1 amide bonds. The van der Waals surface area contributed by atoms with Crippen molar-refractivity contribution in [2.24, 2.45) is 0 Å². The molecule has 1 N–H and O–H groups in total. The number of hydrogen-bond acceptors (Lipinski definition) is 2. The maximum Gasteiger partial charge on any atom is 0.251 e. The zero-order valence-corrected chi connectivity index (χ0v) is 17.2. The van der Waals surface area contributed by atoms with Crippen LogP contribution in [0, 0.1) is 5.82 Å². The normalized spacial score (nSPS) is 12.1. The Balaban J connectivity index is 1.69. The molecule has 1 atom stereocenters. The second-order valence-electron chi connectivity index (χ2n) is 7.11. The Morgan fingerprint density at radius 2 is 1.77 bits per heavy atom. The highest BCUT2D eigenvalue weighted by Crippen LogP contribution is 2.25. The Morgan fingerprint density at radius 1 is 1.07 bits per heavy atom. The van der Waals surface area contributed by atoms with Crippen LogP contribution in [0.5, 0.6) is 0 Å². The number of nitrogens with zero attached hydrogens (tertiary/aromatic N) is 2. The predicted molar refractivity (Wildman–Crippen MR) is 117 cm³/mol. The van der Waals surface area contributed by atoms with Gasteiger partial charge in [0.25, 0.3) is 5.91 Å². The van der Waals surface area contributed by atoms with Crippen molar-refractivity contribution in [2.45, 2.75) is 25.9 Å². The number of benzene rings is 3. The second kappa shape index (κ2) is 8.67. The number of carbonyl (C=O) groups is 1. The number of rotatable bonds is 6. The molecule has 4 nitrogen and oxygen atoms in total. The standard InChI is InChI=1S/C24H21ClFN3O/c1-2-20(28-24(30)17-9-13-19(26)14-10-17)23-27-21-5-3-4-6-22(21)29(23)15-16-7-11-18(25)12-8-16/h3-14,20H,2,15H2,1H3,(H,28,30). The maximum absolute atomic E-state index is 13.2. The molecule has 152 valence electrons. The van der Waals surface area contributed by atoms with Crippen molar-refractivity contribution in [3.05, 3.63) is 101 Å². The third-order valence-corrected chi connectivity index (χ3v) is 5.32. The van der Waals surface area contributed by atoms with E-state index >= 15 is 0 Å². The Hall–Kier alpha value is -3.18. The first-order valence-corrected chi connectivity index (χ1v) is 10.2. The molecule has 3 aromatic carbocycles. The topological polar surface area (TPSA) is 46.9 Å². The Morgan fingerprint density at radius 3 is 2.47 bits per heavy atom. The minimum absolute atomic E-state index is 0.257. The van der Waals surface area contributed by atoms with Crippen LogP contribution in [0.15, 0.2) is 72.8 Å². The summed E-state index contributed by atoms with van der Waals surface area (Å²) in [4.78, 5) is 17.6. The van der Waals surface area contributed by atoms with E-state index in [-0.39, 0.29) is 17.8 Å². The third-order valence-electron chi connectivity index (χ3n) is 5.07. The van der Waals surface area contributed by atoms with Crippen molar-refractivity contribution in [3.63, 3.8) is 0 Å². The number of fused-ring (bicyclic) bond motifs is 1. The van der Waals surface area contributed by atoms with Crippen molar-refractivity contribution < 1.29 is 9.18 Å². The number of imidazole rings is 1. The number of halogens is 2. The van der Waals surface area contributed by atoms with E-state index in [1.807, 2.05) is 55.5 Å². The van der Waals surface area contributed by atoms with Gasteiger partial charge in [0.1, 0.15) is 11.6 Å². The summed E-state index contributed by atoms with van der Waals surface area (Å²) in [5, 5.41) is 3.74. The molecule has 0 aliphatic carbocycles. The van der Waals surface area contributed by atoms with Crippen LogP contribution in [0.25, 0.3) is 11.0 Å². The summed E-state index contributed by atoms with van der Waals surface area (Å²) in [6, 6.07) is 20.8. The quantitative estimate of drug-likeness (QED) is 0.430. The van der Waals surface area contributed by atoms with Crippen LogP contribution in [0.4, 0.5) is 4.39 Å². The number of amides is 1. The Kier molecular flexibility index (Phi) is 5.81. The zero-order valence-electron chi connectivity index (χ0n) is 16.5. The predicted octanol–water partition coefficient (Wildman–Crippen LogP) is 5.76. The van der Waals surface area contributed by atoms with Gasteiger partial charge in [-0.3, -0.25) is 4.79 Å². The molecule has 0 bridgehead atoms. The van der Waals surface area contributed by atoms with Crippen LogP contribution in [-0.2, 0) is 6.54 Å². The fourth-order valence-electron chi connectivity index (χ4n) is 3.49. The summed E-state index contributed by atoms with van der Waals surface area (Å²) < 4.78 is 15.3. The van der Waals surface area contributed by atoms with Crippen LogP contribution in [0.2, 0.25) is 5.02 Å². The van der Waals surface area contributed by atoms with Gasteiger partial charge in [0.05, 0.1) is 17.1 Å². The molecule has 1 unspecified atom stereocenters. The van der Waals surface area contributed by atoms with Gasteiger partial charge in [-0.1, -0.05) is 42.8 Å². The molecule has 0 radical (unpaired) electrons. The summed E-state index contributed by atoms with van der Waals surface area (Å²) in [5.74, 6) is 0.152. The molecule has 0 spiro atoms. The van der Waals surface area contributed by atoms with E-state index in [2.05, 4.69) is 9.88 Å². The maximum atomic E-state index is 13.2. The first-order valence-electron chi connectivity index (χ1n) is 9.81. The SMILES string of the molecule is CCC(NC(=O)c1ccc(F)cc1)c1nc2ccccc2n1Cc1ccc(Cl)cc1. The van der Waals surface area contributed by atoms with Crippen LogP contribution < -0.4 is 5.32 Å². The summed E-state index contributed by atoms with van der Waals surface area (Å²) >= 11 is 6.03. The summed E-state index contributed by atoms with van der Waals surface area (Å²) in [6.45, 7) is 2.61. The first kappa shape index (κ1) is 20.1. The number of para-hydroxylation sites is 2. The highest BCUT2D eigenvalue weighted by Gasteiger charge is 2.21. The van der Waals surface area contributed by atoms with Gasteiger partial charge in [-0.25, -0.2) is 9.37 Å². The van der Waals surface area contributed by atoms with Crippen LogP contribution in [0.3, 0.4) is 0 Å². The van der Waals surface area contributed by atoms with Crippen molar-refractivity contribution >= 4 is 28.5 Å². The molecule has 4 rings (SSSR count). The third kappa shape index (κ3) is 4.21. The lowest BCUT2D eigenvalue weighted by Crippen LogP contribution is -2.30. The molecule has 0 aliphatic heterocycles. The minimum Gasteiger partial charge on any atom is -0.342 e. The highest BCUT2D eigenvalue weighted by molar-refractivity contribution is 6.30. The number of aromatic nitrogens is 2. The average Bonchev–Trinajstić information content (AvgIpc) is 3.12. The van der Waals surface area contributed by atoms with E-state index in [1.54, 1.807) is 0 Å². The van der Waals surface area contributed by atoms with Crippen molar-refractivity contribution in [1.82, 2.24) is 14.9 Å². The lowest BCUT2D eigenvalue weighted by Gasteiger charge is -2.19. The van der Waals surface area contributed by atoms with Gasteiger partial charge in [0.15, 0.2) is 0 Å². The summed E-state index contributed by atoms with van der Waals surface area (Å²) in [5.41, 5.74) is 3.37. The van der Waals surface area contributed by atoms with Crippen LogP contribution in [-0.4, -0.2) is 15.5 Å². The zero-order chi connectivity index (χ0) is 21.1. The van der Waals surface area contributed by atoms with E-state index in [0.717, 1.165) is 22.4 Å². The molecule has 4 aromatic rings. The van der Waals surface area contributed by atoms with Crippen LogP contribution in [0.1, 0.15) is 41.1 Å². The Bertz CT molecular complexity index is 1170. The minimum atomic E-state index is -0.372.